The predicted molar refractivity (Wildman–Crippen MR) is 54.8 cm³/mol. The van der Waals surface area contributed by atoms with Gasteiger partial charge in [-0.25, -0.2) is 8.42 Å². The molecule has 0 aliphatic carbocycles. The van der Waals surface area contributed by atoms with Crippen LogP contribution in [0.3, 0.4) is 0 Å². The molecule has 1 heterocycles. The van der Waals surface area contributed by atoms with E-state index in [0.29, 0.717) is 12.4 Å². The molecule has 15 heavy (non-hydrogen) atoms. The summed E-state index contributed by atoms with van der Waals surface area (Å²) in [6.07, 6.45) is 0. The van der Waals surface area contributed by atoms with E-state index >= 15 is 0 Å². The number of rotatable bonds is 6. The van der Waals surface area contributed by atoms with Crippen LogP contribution >= 0.6 is 0 Å². The van der Waals surface area contributed by atoms with Crippen molar-refractivity contribution in [1.29, 1.82) is 0 Å². The van der Waals surface area contributed by atoms with E-state index in [4.69, 9.17) is 0 Å². The summed E-state index contributed by atoms with van der Waals surface area (Å²) in [6.45, 7) is 3.87. The van der Waals surface area contributed by atoms with Gasteiger partial charge in [0.25, 0.3) is 0 Å². The zero-order valence-corrected chi connectivity index (χ0v) is 9.58. The first-order valence-corrected chi connectivity index (χ1v) is 6.51. The Kier molecular flexibility index (Phi) is 4.15. The van der Waals surface area contributed by atoms with Gasteiger partial charge in [-0.05, 0) is 6.92 Å². The minimum absolute atomic E-state index is 0.117. The number of tetrazole rings is 1. The third kappa shape index (κ3) is 4.34. The van der Waals surface area contributed by atoms with Crippen molar-refractivity contribution in [2.45, 2.75) is 26.4 Å². The molecule has 86 valence electrons. The summed E-state index contributed by atoms with van der Waals surface area (Å²) in [6, 6.07) is -0.117. The van der Waals surface area contributed by atoms with Crippen molar-refractivity contribution in [2.75, 3.05) is 11.5 Å². The van der Waals surface area contributed by atoms with Gasteiger partial charge in [0.2, 0.25) is 0 Å². The van der Waals surface area contributed by atoms with Gasteiger partial charge in [0.05, 0.1) is 12.3 Å². The Morgan fingerprint density at radius 2 is 2.27 bits per heavy atom. The van der Waals surface area contributed by atoms with Crippen LogP contribution in [0, 0.1) is 0 Å². The maximum Gasteiger partial charge on any atom is 0.188 e. The fourth-order valence-electron chi connectivity index (χ4n) is 1.08. The summed E-state index contributed by atoms with van der Waals surface area (Å²) in [5.74, 6) is 0.818. The standard InChI is InChI=1S/C7H15N5O2S/c1-3-15(13,14)5-6(2)8-4-7-9-11-12-10-7/h6,8H,3-5H2,1-2H3,(H,9,10,11,12). The molecule has 1 rings (SSSR count). The fourth-order valence-corrected chi connectivity index (χ4v) is 2.20. The number of aromatic nitrogens is 4. The summed E-state index contributed by atoms with van der Waals surface area (Å²) < 4.78 is 22.6. The van der Waals surface area contributed by atoms with Gasteiger partial charge in [-0.15, -0.1) is 10.2 Å². The Labute approximate surface area is 88.6 Å². The second-order valence-electron chi connectivity index (χ2n) is 3.31. The molecule has 0 amide bonds. The molecule has 2 N–H and O–H groups in total. The lowest BCUT2D eigenvalue weighted by atomic mass is 10.4. The number of hydrogen-bond donors (Lipinski definition) is 2. The highest BCUT2D eigenvalue weighted by atomic mass is 32.2. The molecule has 8 heteroatoms. The molecular weight excluding hydrogens is 218 g/mol. The van der Waals surface area contributed by atoms with E-state index in [2.05, 4.69) is 25.9 Å². The van der Waals surface area contributed by atoms with Gasteiger partial charge < -0.3 is 5.32 Å². The molecule has 0 radical (unpaired) electrons. The van der Waals surface area contributed by atoms with Crippen molar-refractivity contribution in [3.63, 3.8) is 0 Å². The highest BCUT2D eigenvalue weighted by Gasteiger charge is 2.13. The maximum absolute atomic E-state index is 11.3. The number of hydrogen-bond acceptors (Lipinski definition) is 6. The van der Waals surface area contributed by atoms with Gasteiger partial charge in [-0.1, -0.05) is 12.1 Å². The second kappa shape index (κ2) is 5.17. The van der Waals surface area contributed by atoms with Gasteiger partial charge >= 0.3 is 0 Å². The van der Waals surface area contributed by atoms with Crippen LogP contribution in [0.1, 0.15) is 19.7 Å². The Bertz CT molecular complexity index is 374. The molecule has 0 aromatic carbocycles. The Morgan fingerprint density at radius 3 is 2.80 bits per heavy atom. The first-order chi connectivity index (χ1) is 7.03. The van der Waals surface area contributed by atoms with E-state index in [-0.39, 0.29) is 17.5 Å². The molecule has 0 aliphatic rings. The number of sulfone groups is 1. The smallest absolute Gasteiger partial charge is 0.188 e. The summed E-state index contributed by atoms with van der Waals surface area (Å²) in [4.78, 5) is 0. The molecule has 0 bridgehead atoms. The average molecular weight is 233 g/mol. The Balaban J connectivity index is 2.34. The summed E-state index contributed by atoms with van der Waals surface area (Å²) in [5.41, 5.74) is 0. The van der Waals surface area contributed by atoms with Gasteiger partial charge in [0, 0.05) is 11.8 Å². The first-order valence-electron chi connectivity index (χ1n) is 4.69. The van der Waals surface area contributed by atoms with Crippen molar-refractivity contribution in [2.24, 2.45) is 0 Å². The van der Waals surface area contributed by atoms with Crippen LogP contribution in [0.15, 0.2) is 0 Å². The molecule has 7 nitrogen and oxygen atoms in total. The Hall–Kier alpha value is -1.02. The van der Waals surface area contributed by atoms with E-state index in [1.807, 2.05) is 6.92 Å². The van der Waals surface area contributed by atoms with Crippen LogP contribution in [0.4, 0.5) is 0 Å². The van der Waals surface area contributed by atoms with Crippen LogP contribution < -0.4 is 5.32 Å². The van der Waals surface area contributed by atoms with E-state index < -0.39 is 9.84 Å². The minimum Gasteiger partial charge on any atom is -0.306 e. The third-order valence-corrected chi connectivity index (χ3v) is 3.83. The SMILES string of the molecule is CCS(=O)(=O)CC(C)NCc1nn[nH]n1. The van der Waals surface area contributed by atoms with Crippen LogP contribution in [0.25, 0.3) is 0 Å². The van der Waals surface area contributed by atoms with Crippen molar-refractivity contribution in [3.05, 3.63) is 5.82 Å². The highest BCUT2D eigenvalue weighted by molar-refractivity contribution is 7.91. The van der Waals surface area contributed by atoms with Crippen molar-refractivity contribution in [1.82, 2.24) is 25.9 Å². The molecule has 0 spiro atoms. The van der Waals surface area contributed by atoms with Crippen molar-refractivity contribution >= 4 is 9.84 Å². The number of nitrogens with one attached hydrogen (secondary N) is 2. The normalized spacial score (nSPS) is 14.0. The lowest BCUT2D eigenvalue weighted by molar-refractivity contribution is 0.549. The van der Waals surface area contributed by atoms with Gasteiger partial charge in [0.1, 0.15) is 0 Å². The van der Waals surface area contributed by atoms with E-state index in [1.54, 1.807) is 6.92 Å². The van der Waals surface area contributed by atoms with Crippen molar-refractivity contribution in [3.8, 4) is 0 Å². The first kappa shape index (κ1) is 12.1. The number of aromatic amines is 1. The summed E-state index contributed by atoms with van der Waals surface area (Å²) in [7, 11) is -2.94. The molecule has 0 aliphatic heterocycles. The minimum atomic E-state index is -2.94. The molecule has 1 aromatic rings. The Morgan fingerprint density at radius 1 is 1.53 bits per heavy atom. The largest absolute Gasteiger partial charge is 0.306 e. The lowest BCUT2D eigenvalue weighted by Crippen LogP contribution is -2.33. The summed E-state index contributed by atoms with van der Waals surface area (Å²) in [5, 5.41) is 16.2. The molecule has 0 saturated carbocycles. The van der Waals surface area contributed by atoms with Crippen LogP contribution in [0.5, 0.6) is 0 Å². The number of nitrogens with zero attached hydrogens (tertiary/aromatic N) is 3. The monoisotopic (exact) mass is 233 g/mol. The molecular formula is C7H15N5O2S. The van der Waals surface area contributed by atoms with Gasteiger partial charge in [-0.3, -0.25) is 0 Å². The maximum atomic E-state index is 11.3. The zero-order valence-electron chi connectivity index (χ0n) is 8.77. The van der Waals surface area contributed by atoms with Gasteiger partial charge in [-0.2, -0.15) is 5.21 Å². The fraction of sp³-hybridized carbons (Fsp3) is 0.857. The molecule has 1 unspecified atom stereocenters. The van der Waals surface area contributed by atoms with Crippen LogP contribution in [-0.2, 0) is 16.4 Å². The molecule has 0 saturated heterocycles. The molecule has 1 aromatic heterocycles. The third-order valence-electron chi connectivity index (χ3n) is 1.94. The average Bonchev–Trinajstić information content (AvgIpc) is 2.66. The topological polar surface area (TPSA) is 101 Å². The van der Waals surface area contributed by atoms with E-state index in [1.165, 1.54) is 0 Å². The highest BCUT2D eigenvalue weighted by Crippen LogP contribution is 1.95. The van der Waals surface area contributed by atoms with E-state index in [9.17, 15) is 8.42 Å². The van der Waals surface area contributed by atoms with E-state index in [0.717, 1.165) is 0 Å². The van der Waals surface area contributed by atoms with Crippen LogP contribution in [0.2, 0.25) is 0 Å². The lowest BCUT2D eigenvalue weighted by Gasteiger charge is -2.11. The number of H-pyrrole nitrogens is 1. The predicted octanol–water partition coefficient (Wildman–Crippen LogP) is -0.887. The zero-order chi connectivity index (χ0) is 11.3. The quantitative estimate of drug-likeness (QED) is 0.661. The van der Waals surface area contributed by atoms with Gasteiger partial charge in [0.15, 0.2) is 15.7 Å². The molecule has 0 fully saturated rings. The van der Waals surface area contributed by atoms with Crippen molar-refractivity contribution < 1.29 is 8.42 Å². The van der Waals surface area contributed by atoms with Crippen LogP contribution in [-0.4, -0.2) is 46.6 Å². The second-order valence-corrected chi connectivity index (χ2v) is 5.71. The summed E-state index contributed by atoms with van der Waals surface area (Å²) >= 11 is 0. The molecule has 1 atom stereocenters.